The van der Waals surface area contributed by atoms with Gasteiger partial charge < -0.3 is 18.7 Å². The van der Waals surface area contributed by atoms with Crippen LogP contribution in [0.25, 0.3) is 33.9 Å². The molecule has 9 heteroatoms. The highest BCUT2D eigenvalue weighted by atomic mass is 79.9. The van der Waals surface area contributed by atoms with Gasteiger partial charge in [-0.2, -0.15) is 4.98 Å². The standard InChI is InChI=1S/C22H20BrN5O3/c23-17-4-2-1-3-16(17)22-25-21(26-31-22)15-5-6-19-18(13-15)24-14-28(19)8-7-20(29)27-9-11-30-12-10-27/h1-6,13-14H,7-12H2. The zero-order chi connectivity index (χ0) is 21.2. The fourth-order valence-corrected chi connectivity index (χ4v) is 4.11. The molecule has 0 N–H and O–H groups in total. The van der Waals surface area contributed by atoms with E-state index in [9.17, 15) is 4.79 Å². The summed E-state index contributed by atoms with van der Waals surface area (Å²) >= 11 is 3.51. The van der Waals surface area contributed by atoms with E-state index < -0.39 is 0 Å². The largest absolute Gasteiger partial charge is 0.378 e. The molecule has 0 saturated carbocycles. The normalized spacial score (nSPS) is 14.3. The number of morpholine rings is 1. The van der Waals surface area contributed by atoms with Crippen LogP contribution in [-0.4, -0.2) is 56.8 Å². The first-order valence-electron chi connectivity index (χ1n) is 10.1. The van der Waals surface area contributed by atoms with Crippen molar-refractivity contribution in [1.82, 2.24) is 24.6 Å². The first-order chi connectivity index (χ1) is 15.2. The van der Waals surface area contributed by atoms with Gasteiger partial charge in [0, 0.05) is 36.1 Å². The Balaban J connectivity index is 1.33. The number of rotatable bonds is 5. The molecule has 0 atom stereocenters. The maximum absolute atomic E-state index is 12.4. The number of carbonyl (C=O) groups excluding carboxylic acids is 1. The van der Waals surface area contributed by atoms with Crippen molar-refractivity contribution in [2.24, 2.45) is 0 Å². The molecule has 0 unspecified atom stereocenters. The molecule has 0 bridgehead atoms. The zero-order valence-electron chi connectivity index (χ0n) is 16.7. The minimum Gasteiger partial charge on any atom is -0.378 e. The molecule has 0 spiro atoms. The highest BCUT2D eigenvalue weighted by Crippen LogP contribution is 2.29. The van der Waals surface area contributed by atoms with Crippen LogP contribution < -0.4 is 0 Å². The number of fused-ring (bicyclic) bond motifs is 1. The van der Waals surface area contributed by atoms with Crippen molar-refractivity contribution in [3.63, 3.8) is 0 Å². The average Bonchev–Trinajstić information content (AvgIpc) is 3.45. The van der Waals surface area contributed by atoms with Crippen LogP contribution in [0.3, 0.4) is 0 Å². The Kier molecular flexibility index (Phi) is 5.52. The van der Waals surface area contributed by atoms with Crippen molar-refractivity contribution in [3.05, 3.63) is 53.3 Å². The highest BCUT2D eigenvalue weighted by Gasteiger charge is 2.17. The first kappa shape index (κ1) is 19.9. The number of halogens is 1. The monoisotopic (exact) mass is 481 g/mol. The lowest BCUT2D eigenvalue weighted by Gasteiger charge is -2.26. The quantitative estimate of drug-likeness (QED) is 0.431. The second kappa shape index (κ2) is 8.60. The Bertz CT molecular complexity index is 1230. The molecular weight excluding hydrogens is 462 g/mol. The smallest absolute Gasteiger partial charge is 0.259 e. The van der Waals surface area contributed by atoms with E-state index in [4.69, 9.17) is 9.26 Å². The van der Waals surface area contributed by atoms with Crippen LogP contribution in [0.1, 0.15) is 6.42 Å². The molecule has 4 aromatic rings. The lowest BCUT2D eigenvalue weighted by molar-refractivity contribution is -0.135. The molecule has 8 nitrogen and oxygen atoms in total. The van der Waals surface area contributed by atoms with Crippen LogP contribution in [0, 0.1) is 0 Å². The summed E-state index contributed by atoms with van der Waals surface area (Å²) in [5.41, 5.74) is 3.46. The van der Waals surface area contributed by atoms with Crippen molar-refractivity contribution < 1.29 is 14.1 Å². The molecule has 1 fully saturated rings. The molecule has 0 aliphatic carbocycles. The molecule has 158 valence electrons. The van der Waals surface area contributed by atoms with E-state index in [0.717, 1.165) is 26.6 Å². The molecule has 1 amide bonds. The van der Waals surface area contributed by atoms with E-state index in [1.807, 2.05) is 51.9 Å². The maximum Gasteiger partial charge on any atom is 0.259 e. The first-order valence-corrected chi connectivity index (χ1v) is 10.9. The summed E-state index contributed by atoms with van der Waals surface area (Å²) in [6, 6.07) is 13.6. The van der Waals surface area contributed by atoms with Crippen molar-refractivity contribution >= 4 is 32.9 Å². The molecule has 5 rings (SSSR count). The van der Waals surface area contributed by atoms with Crippen LogP contribution >= 0.6 is 15.9 Å². The molecule has 1 aliphatic heterocycles. The number of hydrogen-bond acceptors (Lipinski definition) is 6. The van der Waals surface area contributed by atoms with Gasteiger partial charge in [0.05, 0.1) is 36.1 Å². The Morgan fingerprint density at radius 3 is 2.81 bits per heavy atom. The minimum atomic E-state index is 0.146. The molecule has 0 radical (unpaired) electrons. The molecule has 3 heterocycles. The molecule has 1 aliphatic rings. The van der Waals surface area contributed by atoms with E-state index in [1.165, 1.54) is 0 Å². The summed E-state index contributed by atoms with van der Waals surface area (Å²) in [6.07, 6.45) is 2.21. The Morgan fingerprint density at radius 1 is 1.13 bits per heavy atom. The molecule has 2 aromatic heterocycles. The number of carbonyl (C=O) groups is 1. The molecule has 1 saturated heterocycles. The number of imidazole rings is 1. The van der Waals surface area contributed by atoms with Crippen LogP contribution in [-0.2, 0) is 16.1 Å². The summed E-state index contributed by atoms with van der Waals surface area (Å²) < 4.78 is 13.7. The van der Waals surface area contributed by atoms with Gasteiger partial charge in [-0.15, -0.1) is 0 Å². The fourth-order valence-electron chi connectivity index (χ4n) is 3.65. The van der Waals surface area contributed by atoms with Gasteiger partial charge in [0.25, 0.3) is 5.89 Å². The number of aryl methyl sites for hydroxylation is 1. The topological polar surface area (TPSA) is 86.3 Å². The summed E-state index contributed by atoms with van der Waals surface area (Å²) in [5, 5.41) is 4.13. The number of nitrogens with zero attached hydrogens (tertiary/aromatic N) is 5. The number of amides is 1. The lowest BCUT2D eigenvalue weighted by Crippen LogP contribution is -2.40. The van der Waals surface area contributed by atoms with E-state index in [2.05, 4.69) is 31.1 Å². The third-order valence-corrected chi connectivity index (χ3v) is 6.03. The summed E-state index contributed by atoms with van der Waals surface area (Å²) in [5.74, 6) is 1.10. The molecular formula is C22H20BrN5O3. The van der Waals surface area contributed by atoms with Crippen LogP contribution in [0.15, 0.2) is 57.8 Å². The van der Waals surface area contributed by atoms with E-state index in [0.29, 0.717) is 51.0 Å². The van der Waals surface area contributed by atoms with Gasteiger partial charge >= 0.3 is 0 Å². The Hall–Kier alpha value is -3.04. The third kappa shape index (κ3) is 4.11. The zero-order valence-corrected chi connectivity index (χ0v) is 18.3. The summed E-state index contributed by atoms with van der Waals surface area (Å²) in [7, 11) is 0. The molecule has 31 heavy (non-hydrogen) atoms. The number of hydrogen-bond donors (Lipinski definition) is 0. The van der Waals surface area contributed by atoms with E-state index >= 15 is 0 Å². The van der Waals surface area contributed by atoms with Gasteiger partial charge in [0.15, 0.2) is 0 Å². The molecule has 2 aromatic carbocycles. The van der Waals surface area contributed by atoms with Gasteiger partial charge in [-0.05, 0) is 46.3 Å². The predicted molar refractivity (Wildman–Crippen MR) is 118 cm³/mol. The Labute approximate surface area is 187 Å². The number of ether oxygens (including phenoxy) is 1. The lowest BCUT2D eigenvalue weighted by atomic mass is 10.2. The van der Waals surface area contributed by atoms with Crippen molar-refractivity contribution in [2.45, 2.75) is 13.0 Å². The second-order valence-corrected chi connectivity index (χ2v) is 8.14. The SMILES string of the molecule is O=C(CCn1cnc2cc(-c3noc(-c4ccccc4Br)n3)ccc21)N1CCOCC1. The van der Waals surface area contributed by atoms with Crippen molar-refractivity contribution in [2.75, 3.05) is 26.3 Å². The summed E-state index contributed by atoms with van der Waals surface area (Å²) in [6.45, 7) is 3.14. The van der Waals surface area contributed by atoms with Gasteiger partial charge in [-0.3, -0.25) is 4.79 Å². The van der Waals surface area contributed by atoms with E-state index in [-0.39, 0.29) is 5.91 Å². The number of aromatic nitrogens is 4. The number of benzene rings is 2. The fraction of sp³-hybridized carbons (Fsp3) is 0.273. The maximum atomic E-state index is 12.4. The van der Waals surface area contributed by atoms with Gasteiger partial charge in [-0.1, -0.05) is 17.3 Å². The van der Waals surface area contributed by atoms with Crippen molar-refractivity contribution in [1.29, 1.82) is 0 Å². The summed E-state index contributed by atoms with van der Waals surface area (Å²) in [4.78, 5) is 23.3. The van der Waals surface area contributed by atoms with Gasteiger partial charge in [0.2, 0.25) is 11.7 Å². The Morgan fingerprint density at radius 2 is 1.97 bits per heavy atom. The van der Waals surface area contributed by atoms with Crippen molar-refractivity contribution in [3.8, 4) is 22.8 Å². The predicted octanol–water partition coefficient (Wildman–Crippen LogP) is 3.76. The van der Waals surface area contributed by atoms with Crippen LogP contribution in [0.2, 0.25) is 0 Å². The van der Waals surface area contributed by atoms with Gasteiger partial charge in [0.1, 0.15) is 0 Å². The van der Waals surface area contributed by atoms with Crippen LogP contribution in [0.4, 0.5) is 0 Å². The van der Waals surface area contributed by atoms with Gasteiger partial charge in [-0.25, -0.2) is 4.98 Å². The van der Waals surface area contributed by atoms with Crippen LogP contribution in [0.5, 0.6) is 0 Å². The van der Waals surface area contributed by atoms with E-state index in [1.54, 1.807) is 6.33 Å². The minimum absolute atomic E-state index is 0.146. The third-order valence-electron chi connectivity index (χ3n) is 5.34. The average molecular weight is 482 g/mol. The highest BCUT2D eigenvalue weighted by molar-refractivity contribution is 9.10. The second-order valence-electron chi connectivity index (χ2n) is 7.29.